The minimum Gasteiger partial charge on any atom is -0.333 e. The van der Waals surface area contributed by atoms with Crippen LogP contribution in [0.4, 0.5) is 0 Å². The maximum absolute atomic E-state index is 12.3. The second-order valence-corrected chi connectivity index (χ2v) is 5.02. The molecule has 2 heterocycles. The fourth-order valence-electron chi connectivity index (χ4n) is 2.48. The van der Waals surface area contributed by atoms with Crippen molar-refractivity contribution in [1.82, 2.24) is 14.9 Å². The maximum atomic E-state index is 12.3. The molecule has 19 heavy (non-hydrogen) atoms. The molecule has 7 nitrogen and oxygen atoms in total. The topological polar surface area (TPSA) is 112 Å². The summed E-state index contributed by atoms with van der Waals surface area (Å²) < 4.78 is 0. The Hall–Kier alpha value is -1.89. The summed E-state index contributed by atoms with van der Waals surface area (Å²) in [5.41, 5.74) is 4.46. The second kappa shape index (κ2) is 5.40. The Kier molecular flexibility index (Phi) is 3.84. The van der Waals surface area contributed by atoms with Crippen molar-refractivity contribution in [2.75, 3.05) is 13.1 Å². The Morgan fingerprint density at radius 3 is 2.84 bits per heavy atom. The number of nitrogens with one attached hydrogen (secondary N) is 2. The summed E-state index contributed by atoms with van der Waals surface area (Å²) in [7, 11) is 0. The number of carbonyl (C=O) groups excluding carboxylic acids is 1. The molecule has 1 amide bonds. The average Bonchev–Trinajstić information content (AvgIpc) is 2.36. The summed E-state index contributed by atoms with van der Waals surface area (Å²) in [5.74, 6) is 0.182. The molecule has 2 atom stereocenters. The lowest BCUT2D eigenvalue weighted by Gasteiger charge is -2.37. The number of hydrogen-bond donors (Lipinski definition) is 3. The fraction of sp³-hybridized carbons (Fsp3) is 0.583. The monoisotopic (exact) mass is 266 g/mol. The zero-order valence-electron chi connectivity index (χ0n) is 10.8. The first-order valence-corrected chi connectivity index (χ1v) is 6.36. The number of aromatic nitrogens is 2. The SMILES string of the molecule is CC1CCN(C(=O)c2cc(=O)[nH]c(=O)[nH]2)C(CN)C1. The first-order chi connectivity index (χ1) is 9.01. The first kappa shape index (κ1) is 13.5. The highest BCUT2D eigenvalue weighted by Gasteiger charge is 2.30. The fourth-order valence-corrected chi connectivity index (χ4v) is 2.48. The molecule has 1 fully saturated rings. The van der Waals surface area contributed by atoms with Crippen LogP contribution in [0.1, 0.15) is 30.3 Å². The summed E-state index contributed by atoms with van der Waals surface area (Å²) in [6.07, 6.45) is 1.74. The molecule has 0 aromatic carbocycles. The van der Waals surface area contributed by atoms with Crippen LogP contribution in [-0.2, 0) is 0 Å². The van der Waals surface area contributed by atoms with Crippen molar-refractivity contribution in [3.8, 4) is 0 Å². The smallest absolute Gasteiger partial charge is 0.326 e. The highest BCUT2D eigenvalue weighted by Crippen LogP contribution is 2.22. The lowest BCUT2D eigenvalue weighted by atomic mass is 9.92. The minimum absolute atomic E-state index is 0.0155. The molecule has 4 N–H and O–H groups in total. The number of carbonyl (C=O) groups is 1. The van der Waals surface area contributed by atoms with E-state index >= 15 is 0 Å². The van der Waals surface area contributed by atoms with Crippen LogP contribution >= 0.6 is 0 Å². The van der Waals surface area contributed by atoms with Gasteiger partial charge in [0, 0.05) is 25.2 Å². The predicted octanol–water partition coefficient (Wildman–Crippen LogP) is -0.737. The standard InChI is InChI=1S/C12H18N4O3/c1-7-2-3-16(8(4-7)6-13)11(18)9-5-10(17)15-12(19)14-9/h5,7-8H,2-4,6,13H2,1H3,(H2,14,15,17,19). The van der Waals surface area contributed by atoms with E-state index in [0.29, 0.717) is 19.0 Å². The van der Waals surface area contributed by atoms with E-state index in [0.717, 1.165) is 18.9 Å². The van der Waals surface area contributed by atoms with Gasteiger partial charge < -0.3 is 15.6 Å². The van der Waals surface area contributed by atoms with Crippen LogP contribution in [0.25, 0.3) is 0 Å². The van der Waals surface area contributed by atoms with Crippen molar-refractivity contribution in [2.45, 2.75) is 25.8 Å². The van der Waals surface area contributed by atoms with Crippen molar-refractivity contribution in [3.05, 3.63) is 32.6 Å². The molecule has 1 aromatic heterocycles. The van der Waals surface area contributed by atoms with Gasteiger partial charge in [0.2, 0.25) is 0 Å². The van der Waals surface area contributed by atoms with Crippen LogP contribution in [-0.4, -0.2) is 39.9 Å². The molecule has 104 valence electrons. The highest BCUT2D eigenvalue weighted by molar-refractivity contribution is 5.92. The first-order valence-electron chi connectivity index (χ1n) is 6.36. The molecular weight excluding hydrogens is 248 g/mol. The Balaban J connectivity index is 2.27. The molecule has 1 aromatic rings. The van der Waals surface area contributed by atoms with E-state index in [2.05, 4.69) is 11.9 Å². The predicted molar refractivity (Wildman–Crippen MR) is 70.0 cm³/mol. The van der Waals surface area contributed by atoms with E-state index in [-0.39, 0.29) is 17.6 Å². The van der Waals surface area contributed by atoms with Crippen molar-refractivity contribution in [1.29, 1.82) is 0 Å². The van der Waals surface area contributed by atoms with Gasteiger partial charge >= 0.3 is 5.69 Å². The number of nitrogens with zero attached hydrogens (tertiary/aromatic N) is 1. The summed E-state index contributed by atoms with van der Waals surface area (Å²) in [4.78, 5) is 40.8. The Morgan fingerprint density at radius 2 is 2.21 bits per heavy atom. The number of nitrogens with two attached hydrogens (primary N) is 1. The van der Waals surface area contributed by atoms with Crippen molar-refractivity contribution in [3.63, 3.8) is 0 Å². The molecule has 2 rings (SSSR count). The van der Waals surface area contributed by atoms with E-state index in [1.165, 1.54) is 0 Å². The summed E-state index contributed by atoms with van der Waals surface area (Å²) >= 11 is 0. The van der Waals surface area contributed by atoms with Crippen molar-refractivity contribution >= 4 is 5.91 Å². The number of hydrogen-bond acceptors (Lipinski definition) is 4. The molecule has 7 heteroatoms. The molecule has 2 unspecified atom stereocenters. The normalized spacial score (nSPS) is 23.4. The van der Waals surface area contributed by atoms with Gasteiger partial charge in [-0.1, -0.05) is 6.92 Å². The van der Waals surface area contributed by atoms with Crippen molar-refractivity contribution < 1.29 is 4.79 Å². The third-order valence-corrected chi connectivity index (χ3v) is 3.50. The minimum atomic E-state index is -0.675. The number of rotatable bonds is 2. The van der Waals surface area contributed by atoms with Gasteiger partial charge in [0.1, 0.15) is 5.69 Å². The van der Waals surface area contributed by atoms with Gasteiger partial charge in [0.05, 0.1) is 0 Å². The van der Waals surface area contributed by atoms with Gasteiger partial charge in [0.25, 0.3) is 11.5 Å². The molecule has 1 aliphatic heterocycles. The Labute approximate surface area is 109 Å². The average molecular weight is 266 g/mol. The largest absolute Gasteiger partial charge is 0.333 e. The van der Waals surface area contributed by atoms with Crippen LogP contribution in [0, 0.1) is 5.92 Å². The van der Waals surface area contributed by atoms with Gasteiger partial charge in [-0.25, -0.2) is 4.79 Å². The molecule has 1 aliphatic rings. The van der Waals surface area contributed by atoms with E-state index in [9.17, 15) is 14.4 Å². The summed E-state index contributed by atoms with van der Waals surface area (Å²) in [5, 5.41) is 0. The summed E-state index contributed by atoms with van der Waals surface area (Å²) in [6, 6.07) is 1.06. The zero-order valence-corrected chi connectivity index (χ0v) is 10.8. The number of H-pyrrole nitrogens is 2. The van der Waals surface area contributed by atoms with Gasteiger partial charge in [0.15, 0.2) is 0 Å². The molecular formula is C12H18N4O3. The molecule has 0 radical (unpaired) electrons. The zero-order chi connectivity index (χ0) is 14.0. The van der Waals surface area contributed by atoms with Gasteiger partial charge in [-0.05, 0) is 18.8 Å². The third-order valence-electron chi connectivity index (χ3n) is 3.50. The van der Waals surface area contributed by atoms with E-state index in [1.54, 1.807) is 4.90 Å². The number of amides is 1. The molecule has 1 saturated heterocycles. The van der Waals surface area contributed by atoms with Gasteiger partial charge in [-0.2, -0.15) is 0 Å². The Bertz CT molecular complexity index is 549. The Morgan fingerprint density at radius 1 is 1.47 bits per heavy atom. The van der Waals surface area contributed by atoms with Crippen LogP contribution < -0.4 is 17.0 Å². The maximum Gasteiger partial charge on any atom is 0.326 e. The number of aromatic amines is 2. The summed E-state index contributed by atoms with van der Waals surface area (Å²) in [6.45, 7) is 3.10. The number of piperidine rings is 1. The van der Waals surface area contributed by atoms with Gasteiger partial charge in [-0.15, -0.1) is 0 Å². The van der Waals surface area contributed by atoms with Crippen LogP contribution in [0.3, 0.4) is 0 Å². The molecule has 0 aliphatic carbocycles. The third kappa shape index (κ3) is 2.93. The molecule has 0 bridgehead atoms. The van der Waals surface area contributed by atoms with E-state index in [4.69, 9.17) is 5.73 Å². The lowest BCUT2D eigenvalue weighted by molar-refractivity contribution is 0.0567. The molecule has 0 saturated carbocycles. The van der Waals surface area contributed by atoms with E-state index in [1.807, 2.05) is 4.98 Å². The number of likely N-dealkylation sites (tertiary alicyclic amines) is 1. The molecule has 0 spiro atoms. The van der Waals surface area contributed by atoms with Gasteiger partial charge in [-0.3, -0.25) is 14.6 Å². The highest BCUT2D eigenvalue weighted by atomic mass is 16.2. The lowest BCUT2D eigenvalue weighted by Crippen LogP contribution is -2.50. The van der Waals surface area contributed by atoms with Crippen LogP contribution in [0.5, 0.6) is 0 Å². The second-order valence-electron chi connectivity index (χ2n) is 5.02. The van der Waals surface area contributed by atoms with Crippen molar-refractivity contribution in [2.24, 2.45) is 11.7 Å². The van der Waals surface area contributed by atoms with E-state index < -0.39 is 11.2 Å². The van der Waals surface area contributed by atoms with Crippen LogP contribution in [0.15, 0.2) is 15.7 Å². The quantitative estimate of drug-likeness (QED) is 0.654. The van der Waals surface area contributed by atoms with Crippen LogP contribution in [0.2, 0.25) is 0 Å².